The van der Waals surface area contributed by atoms with Crippen molar-refractivity contribution in [3.05, 3.63) is 56.0 Å². The van der Waals surface area contributed by atoms with E-state index in [1.54, 1.807) is 34.1 Å². The predicted molar refractivity (Wildman–Crippen MR) is 150 cm³/mol. The molecule has 0 aromatic heterocycles. The molecule has 0 unspecified atom stereocenters. The van der Waals surface area contributed by atoms with Crippen LogP contribution in [-0.2, 0) is 11.3 Å². The number of anilines is 2. The number of nitrogen functional groups attached to an aromatic ring is 1. The summed E-state index contributed by atoms with van der Waals surface area (Å²) in [4.78, 5) is 53.9. The molecule has 202 valence electrons. The van der Waals surface area contributed by atoms with E-state index >= 15 is 0 Å². The molecule has 0 aliphatic carbocycles. The van der Waals surface area contributed by atoms with Crippen LogP contribution in [0.25, 0.3) is 0 Å². The van der Waals surface area contributed by atoms with Gasteiger partial charge in [-0.3, -0.25) is 14.4 Å². The van der Waals surface area contributed by atoms with Crippen molar-refractivity contribution in [3.8, 4) is 0 Å². The number of amides is 4. The minimum atomic E-state index is -0.313. The van der Waals surface area contributed by atoms with Gasteiger partial charge in [-0.2, -0.15) is 0 Å². The molecule has 4 amide bonds. The minimum absolute atomic E-state index is 0.0224. The molecule has 2 aromatic carbocycles. The second kappa shape index (κ2) is 12.3. The lowest BCUT2D eigenvalue weighted by Gasteiger charge is -2.40. The number of aliphatic hydroxyl groups is 1. The van der Waals surface area contributed by atoms with Crippen molar-refractivity contribution in [1.82, 2.24) is 15.1 Å². The Bertz CT molecular complexity index is 1240. The van der Waals surface area contributed by atoms with Gasteiger partial charge in [0.2, 0.25) is 5.91 Å². The summed E-state index contributed by atoms with van der Waals surface area (Å²) in [6, 6.07) is 8.23. The van der Waals surface area contributed by atoms with E-state index in [1.807, 2.05) is 6.07 Å². The molecule has 12 heteroatoms. The van der Waals surface area contributed by atoms with Crippen LogP contribution in [0.4, 0.5) is 16.2 Å². The smallest absolute Gasteiger partial charge is 0.322 e. The first-order chi connectivity index (χ1) is 18.2. The standard InChI is InChI=1S/C26H29Br2N5O5/c27-19-11-17(12-20(28)24(19)29)22(35)3-4-23(36)32-8-5-18(6-9-32)33-14-16-2-1-15(25(37)30-7-10-34)13-21(16)31-26(33)38/h1-2,11-13,18,34H,3-10,14,29H2,(H,30,37)(H,31,38). The van der Waals surface area contributed by atoms with Crippen LogP contribution >= 0.6 is 31.9 Å². The zero-order valence-corrected chi connectivity index (χ0v) is 23.8. The number of fused-ring (bicyclic) bond motifs is 1. The van der Waals surface area contributed by atoms with E-state index < -0.39 is 0 Å². The van der Waals surface area contributed by atoms with Gasteiger partial charge in [0.1, 0.15) is 0 Å². The van der Waals surface area contributed by atoms with E-state index in [2.05, 4.69) is 42.5 Å². The third-order valence-corrected chi connectivity index (χ3v) is 8.15. The topological polar surface area (TPSA) is 145 Å². The monoisotopic (exact) mass is 649 g/mol. The molecule has 1 saturated heterocycles. The molecule has 10 nitrogen and oxygen atoms in total. The number of rotatable bonds is 8. The zero-order valence-electron chi connectivity index (χ0n) is 20.6. The van der Waals surface area contributed by atoms with Gasteiger partial charge in [0, 0.05) is 70.8 Å². The largest absolute Gasteiger partial charge is 0.397 e. The molecule has 2 aromatic rings. The maximum absolute atomic E-state index is 12.9. The molecular weight excluding hydrogens is 622 g/mol. The van der Waals surface area contributed by atoms with Crippen molar-refractivity contribution in [2.45, 2.75) is 38.3 Å². The summed E-state index contributed by atoms with van der Waals surface area (Å²) in [6.45, 7) is 1.45. The van der Waals surface area contributed by atoms with Gasteiger partial charge in [0.15, 0.2) is 5.78 Å². The maximum atomic E-state index is 12.9. The lowest BCUT2D eigenvalue weighted by atomic mass is 9.99. The highest BCUT2D eigenvalue weighted by Crippen LogP contribution is 2.31. The Hall–Kier alpha value is -2.96. The number of Topliss-reactive ketones (excluding diaryl/α,β-unsaturated/α-hetero) is 1. The number of nitrogens with one attached hydrogen (secondary N) is 2. The number of likely N-dealkylation sites (tertiary alicyclic amines) is 1. The summed E-state index contributed by atoms with van der Waals surface area (Å²) >= 11 is 6.68. The summed E-state index contributed by atoms with van der Waals surface area (Å²) in [6.07, 6.45) is 1.51. The highest BCUT2D eigenvalue weighted by Gasteiger charge is 2.33. The first kappa shape index (κ1) is 28.1. The van der Waals surface area contributed by atoms with Crippen LogP contribution in [0.5, 0.6) is 0 Å². The maximum Gasteiger partial charge on any atom is 0.322 e. The van der Waals surface area contributed by atoms with Gasteiger partial charge in [0.25, 0.3) is 5.91 Å². The Balaban J connectivity index is 1.29. The number of hydrogen-bond donors (Lipinski definition) is 4. The van der Waals surface area contributed by atoms with E-state index in [4.69, 9.17) is 10.8 Å². The van der Waals surface area contributed by atoms with E-state index in [0.29, 0.717) is 63.9 Å². The van der Waals surface area contributed by atoms with E-state index in [1.165, 1.54) is 0 Å². The lowest BCUT2D eigenvalue weighted by molar-refractivity contribution is -0.132. The van der Waals surface area contributed by atoms with Crippen LogP contribution in [0.3, 0.4) is 0 Å². The number of nitrogens with two attached hydrogens (primary N) is 1. The quantitative estimate of drug-likeness (QED) is 0.254. The third kappa shape index (κ3) is 6.36. The van der Waals surface area contributed by atoms with Crippen molar-refractivity contribution >= 4 is 66.9 Å². The summed E-state index contributed by atoms with van der Waals surface area (Å²) in [5, 5.41) is 14.4. The number of ketones is 1. The highest BCUT2D eigenvalue weighted by atomic mass is 79.9. The fourth-order valence-electron chi connectivity index (χ4n) is 4.68. The van der Waals surface area contributed by atoms with Gasteiger partial charge in [0.05, 0.1) is 12.3 Å². The fraction of sp³-hybridized carbons (Fsp3) is 0.385. The second-order valence-electron chi connectivity index (χ2n) is 9.30. The Labute approximate surface area is 237 Å². The zero-order chi connectivity index (χ0) is 27.4. The normalized spacial score (nSPS) is 15.6. The Morgan fingerprint density at radius 1 is 1.05 bits per heavy atom. The molecule has 0 bridgehead atoms. The van der Waals surface area contributed by atoms with Gasteiger partial charge in [-0.1, -0.05) is 6.07 Å². The molecule has 5 N–H and O–H groups in total. The van der Waals surface area contributed by atoms with Gasteiger partial charge in [-0.25, -0.2) is 4.79 Å². The predicted octanol–water partition coefficient (Wildman–Crippen LogP) is 3.52. The van der Waals surface area contributed by atoms with Crippen LogP contribution in [0.2, 0.25) is 0 Å². The SMILES string of the molecule is Nc1c(Br)cc(C(=O)CCC(=O)N2CCC(N3Cc4ccc(C(=O)NCCO)cc4NC3=O)CC2)cc1Br. The second-order valence-corrected chi connectivity index (χ2v) is 11.0. The number of piperidine rings is 1. The lowest BCUT2D eigenvalue weighted by Crippen LogP contribution is -2.51. The van der Waals surface area contributed by atoms with Crippen molar-refractivity contribution in [2.24, 2.45) is 0 Å². The van der Waals surface area contributed by atoms with Crippen molar-refractivity contribution in [2.75, 3.05) is 37.3 Å². The van der Waals surface area contributed by atoms with E-state index in [0.717, 1.165) is 5.56 Å². The molecule has 1 fully saturated rings. The highest BCUT2D eigenvalue weighted by molar-refractivity contribution is 9.11. The van der Waals surface area contributed by atoms with Gasteiger partial charge in [-0.15, -0.1) is 0 Å². The number of benzene rings is 2. The number of urea groups is 1. The van der Waals surface area contributed by atoms with Gasteiger partial charge < -0.3 is 31.3 Å². The number of carbonyl (C=O) groups excluding carboxylic acids is 4. The fourth-order valence-corrected chi connectivity index (χ4v) is 5.86. The van der Waals surface area contributed by atoms with Crippen LogP contribution < -0.4 is 16.4 Å². The number of aliphatic hydroxyl groups excluding tert-OH is 1. The average molecular weight is 651 g/mol. The summed E-state index contributed by atoms with van der Waals surface area (Å²) in [5.74, 6) is -0.524. The average Bonchev–Trinajstić information content (AvgIpc) is 2.92. The molecule has 0 radical (unpaired) electrons. The van der Waals surface area contributed by atoms with E-state index in [-0.39, 0.29) is 55.7 Å². The van der Waals surface area contributed by atoms with Crippen LogP contribution in [-0.4, -0.2) is 70.8 Å². The van der Waals surface area contributed by atoms with Crippen LogP contribution in [0, 0.1) is 0 Å². The summed E-state index contributed by atoms with van der Waals surface area (Å²) < 4.78 is 1.24. The molecule has 0 atom stereocenters. The Morgan fingerprint density at radius 2 is 1.74 bits per heavy atom. The van der Waals surface area contributed by atoms with Crippen LogP contribution in [0.1, 0.15) is 52.0 Å². The number of hydrogen-bond acceptors (Lipinski definition) is 6. The van der Waals surface area contributed by atoms with Crippen molar-refractivity contribution < 1.29 is 24.3 Å². The first-order valence-electron chi connectivity index (χ1n) is 12.3. The summed E-state index contributed by atoms with van der Waals surface area (Å²) in [5.41, 5.74) is 8.79. The Kier molecular flexibility index (Phi) is 9.06. The van der Waals surface area contributed by atoms with Crippen molar-refractivity contribution in [1.29, 1.82) is 0 Å². The first-order valence-corrected chi connectivity index (χ1v) is 13.9. The minimum Gasteiger partial charge on any atom is -0.397 e. The molecular formula is C26H29Br2N5O5. The molecule has 0 spiro atoms. The number of halogens is 2. The third-order valence-electron chi connectivity index (χ3n) is 6.84. The number of nitrogens with zero attached hydrogens (tertiary/aromatic N) is 2. The van der Waals surface area contributed by atoms with Crippen LogP contribution in [0.15, 0.2) is 39.3 Å². The van der Waals surface area contributed by atoms with Gasteiger partial charge >= 0.3 is 6.03 Å². The molecule has 4 rings (SSSR count). The molecule has 0 saturated carbocycles. The molecule has 2 heterocycles. The van der Waals surface area contributed by atoms with E-state index in [9.17, 15) is 19.2 Å². The molecule has 2 aliphatic rings. The molecule has 2 aliphatic heterocycles. The van der Waals surface area contributed by atoms with Gasteiger partial charge in [-0.05, 0) is 74.5 Å². The Morgan fingerprint density at radius 3 is 2.39 bits per heavy atom. The van der Waals surface area contributed by atoms with Crippen molar-refractivity contribution in [3.63, 3.8) is 0 Å². The summed E-state index contributed by atoms with van der Waals surface area (Å²) in [7, 11) is 0. The molecule has 38 heavy (non-hydrogen) atoms. The number of carbonyl (C=O) groups is 4.